The van der Waals surface area contributed by atoms with Gasteiger partial charge in [-0.15, -0.1) is 0 Å². The van der Waals surface area contributed by atoms with E-state index in [-0.39, 0.29) is 0 Å². The molecule has 1 aliphatic rings. The van der Waals surface area contributed by atoms with Gasteiger partial charge in [-0.3, -0.25) is 9.69 Å². The highest BCUT2D eigenvalue weighted by molar-refractivity contribution is 5.75. The van der Waals surface area contributed by atoms with Gasteiger partial charge < -0.3 is 4.74 Å². The first-order chi connectivity index (χ1) is 8.65. The summed E-state index contributed by atoms with van der Waals surface area (Å²) in [6, 6.07) is 6.17. The number of methoxy groups -OCH3 is 1. The normalized spacial score (nSPS) is 16.7. The zero-order chi connectivity index (χ0) is 13.1. The Morgan fingerprint density at radius 2 is 2.22 bits per heavy atom. The predicted octanol–water partition coefficient (Wildman–Crippen LogP) is 2.74. The van der Waals surface area contributed by atoms with E-state index in [4.69, 9.17) is 4.74 Å². The van der Waals surface area contributed by atoms with Gasteiger partial charge in [-0.25, -0.2) is 0 Å². The van der Waals surface area contributed by atoms with Crippen LogP contribution < -0.4 is 4.74 Å². The Hall–Kier alpha value is -1.35. The van der Waals surface area contributed by atoms with Crippen LogP contribution in [0.5, 0.6) is 5.75 Å². The molecule has 0 saturated heterocycles. The van der Waals surface area contributed by atoms with E-state index >= 15 is 0 Å². The van der Waals surface area contributed by atoms with Crippen LogP contribution in [0.3, 0.4) is 0 Å². The molecule has 98 valence electrons. The van der Waals surface area contributed by atoms with Crippen molar-refractivity contribution in [3.8, 4) is 5.75 Å². The maximum Gasteiger partial charge on any atom is 0.150 e. The topological polar surface area (TPSA) is 29.5 Å². The van der Waals surface area contributed by atoms with Crippen molar-refractivity contribution >= 4 is 6.29 Å². The van der Waals surface area contributed by atoms with E-state index in [1.807, 2.05) is 12.1 Å². The van der Waals surface area contributed by atoms with Crippen molar-refractivity contribution in [2.45, 2.75) is 32.4 Å². The van der Waals surface area contributed by atoms with Crippen molar-refractivity contribution in [3.63, 3.8) is 0 Å². The molecule has 1 atom stereocenters. The lowest BCUT2D eigenvalue weighted by Gasteiger charge is -2.25. The fraction of sp³-hybridized carbons (Fsp3) is 0.533. The maximum absolute atomic E-state index is 10.8. The fourth-order valence-electron chi connectivity index (χ4n) is 2.35. The highest BCUT2D eigenvalue weighted by atomic mass is 16.5. The largest absolute Gasteiger partial charge is 0.496 e. The first-order valence-corrected chi connectivity index (χ1v) is 6.48. The van der Waals surface area contributed by atoms with Gasteiger partial charge in [0.2, 0.25) is 0 Å². The molecule has 0 N–H and O–H groups in total. The Morgan fingerprint density at radius 3 is 2.78 bits per heavy atom. The molecule has 0 radical (unpaired) electrons. The Labute approximate surface area is 109 Å². The molecular formula is C15H21NO2. The summed E-state index contributed by atoms with van der Waals surface area (Å²) < 4.78 is 5.36. The van der Waals surface area contributed by atoms with Crippen LogP contribution in [0, 0.1) is 5.92 Å². The molecule has 1 aliphatic carbocycles. The number of hydrogen-bond acceptors (Lipinski definition) is 3. The lowest BCUT2D eigenvalue weighted by atomic mass is 10.1. The lowest BCUT2D eigenvalue weighted by Crippen LogP contribution is -2.30. The molecule has 3 nitrogen and oxygen atoms in total. The molecule has 1 aromatic rings. The van der Waals surface area contributed by atoms with Gasteiger partial charge in [0.1, 0.15) is 12.0 Å². The zero-order valence-electron chi connectivity index (χ0n) is 11.3. The van der Waals surface area contributed by atoms with Gasteiger partial charge in [-0.2, -0.15) is 0 Å². The monoisotopic (exact) mass is 247 g/mol. The summed E-state index contributed by atoms with van der Waals surface area (Å²) in [5.41, 5.74) is 1.79. The third kappa shape index (κ3) is 2.91. The number of benzene rings is 1. The molecule has 1 unspecified atom stereocenters. The van der Waals surface area contributed by atoms with E-state index in [9.17, 15) is 4.79 Å². The second-order valence-electron chi connectivity index (χ2n) is 5.18. The first kappa shape index (κ1) is 13.1. The van der Waals surface area contributed by atoms with Crippen LogP contribution in [-0.4, -0.2) is 31.4 Å². The highest BCUT2D eigenvalue weighted by Crippen LogP contribution is 2.35. The van der Waals surface area contributed by atoms with Gasteiger partial charge in [0.15, 0.2) is 0 Å². The minimum Gasteiger partial charge on any atom is -0.496 e. The number of carbonyl (C=O) groups excluding carboxylic acids is 1. The molecule has 0 aromatic heterocycles. The summed E-state index contributed by atoms with van der Waals surface area (Å²) >= 11 is 0. The summed E-state index contributed by atoms with van der Waals surface area (Å²) in [5.74, 6) is 1.70. The van der Waals surface area contributed by atoms with Crippen molar-refractivity contribution in [1.82, 2.24) is 4.90 Å². The van der Waals surface area contributed by atoms with E-state index in [0.717, 1.165) is 30.1 Å². The Kier molecular flexibility index (Phi) is 4.02. The summed E-state index contributed by atoms with van der Waals surface area (Å²) in [4.78, 5) is 13.2. The second kappa shape index (κ2) is 5.53. The predicted molar refractivity (Wildman–Crippen MR) is 72.0 cm³/mol. The Balaban J connectivity index is 2.12. The quantitative estimate of drug-likeness (QED) is 0.724. The average molecular weight is 247 g/mol. The maximum atomic E-state index is 10.8. The van der Waals surface area contributed by atoms with Crippen LogP contribution >= 0.6 is 0 Å². The van der Waals surface area contributed by atoms with Crippen molar-refractivity contribution in [2.75, 3.05) is 14.2 Å². The van der Waals surface area contributed by atoms with Gasteiger partial charge in [0.05, 0.1) is 7.11 Å². The Morgan fingerprint density at radius 1 is 1.50 bits per heavy atom. The molecule has 3 heteroatoms. The van der Waals surface area contributed by atoms with Crippen LogP contribution in [0.15, 0.2) is 18.2 Å². The van der Waals surface area contributed by atoms with Crippen molar-refractivity contribution in [3.05, 3.63) is 29.3 Å². The summed E-state index contributed by atoms with van der Waals surface area (Å²) in [6.07, 6.45) is 3.57. The van der Waals surface area contributed by atoms with Gasteiger partial charge in [-0.1, -0.05) is 0 Å². The number of nitrogens with zero attached hydrogens (tertiary/aromatic N) is 1. The molecule has 1 saturated carbocycles. The molecule has 0 heterocycles. The molecule has 0 spiro atoms. The third-order valence-corrected chi connectivity index (χ3v) is 3.86. The van der Waals surface area contributed by atoms with Crippen LogP contribution in [0.2, 0.25) is 0 Å². The van der Waals surface area contributed by atoms with Crippen LogP contribution in [-0.2, 0) is 6.54 Å². The van der Waals surface area contributed by atoms with E-state index < -0.39 is 0 Å². The molecule has 1 aromatic carbocycles. The second-order valence-corrected chi connectivity index (χ2v) is 5.18. The Bertz CT molecular complexity index is 427. The number of rotatable bonds is 6. The van der Waals surface area contributed by atoms with Crippen molar-refractivity contribution < 1.29 is 9.53 Å². The van der Waals surface area contributed by atoms with E-state index in [2.05, 4.69) is 18.9 Å². The number of carbonyl (C=O) groups is 1. The fourth-order valence-corrected chi connectivity index (χ4v) is 2.35. The molecule has 0 amide bonds. The van der Waals surface area contributed by atoms with Gasteiger partial charge in [0, 0.05) is 23.7 Å². The molecule has 2 rings (SSSR count). The van der Waals surface area contributed by atoms with Crippen molar-refractivity contribution in [1.29, 1.82) is 0 Å². The number of ether oxygens (including phenoxy) is 1. The minimum absolute atomic E-state index is 0.592. The minimum atomic E-state index is 0.592. The van der Waals surface area contributed by atoms with Crippen LogP contribution in [0.1, 0.15) is 35.7 Å². The summed E-state index contributed by atoms with van der Waals surface area (Å²) in [6.45, 7) is 3.09. The van der Waals surface area contributed by atoms with Crippen LogP contribution in [0.4, 0.5) is 0 Å². The summed E-state index contributed by atoms with van der Waals surface area (Å²) in [5, 5.41) is 0. The lowest BCUT2D eigenvalue weighted by molar-refractivity contribution is 0.112. The van der Waals surface area contributed by atoms with Crippen molar-refractivity contribution in [2.24, 2.45) is 5.92 Å². The summed E-state index contributed by atoms with van der Waals surface area (Å²) in [7, 11) is 3.81. The zero-order valence-corrected chi connectivity index (χ0v) is 11.3. The number of hydrogen-bond donors (Lipinski definition) is 0. The van der Waals surface area contributed by atoms with Gasteiger partial charge >= 0.3 is 0 Å². The molecule has 0 aliphatic heterocycles. The van der Waals surface area contributed by atoms with E-state index in [1.165, 1.54) is 12.8 Å². The standard InChI is InChI=1S/C15H21NO2/c1-11(13-5-6-13)16(2)9-14-8-12(10-17)4-7-15(14)18-3/h4,7-8,10-11,13H,5-6,9H2,1-3H3. The molecule has 0 bridgehead atoms. The first-order valence-electron chi connectivity index (χ1n) is 6.48. The van der Waals surface area contributed by atoms with Gasteiger partial charge in [-0.05, 0) is 50.9 Å². The van der Waals surface area contributed by atoms with E-state index in [0.29, 0.717) is 11.6 Å². The smallest absolute Gasteiger partial charge is 0.150 e. The SMILES string of the molecule is COc1ccc(C=O)cc1CN(C)C(C)C1CC1. The van der Waals surface area contributed by atoms with Gasteiger partial charge in [0.25, 0.3) is 0 Å². The molecular weight excluding hydrogens is 226 g/mol. The third-order valence-electron chi connectivity index (χ3n) is 3.86. The van der Waals surface area contributed by atoms with E-state index in [1.54, 1.807) is 13.2 Å². The average Bonchev–Trinajstić information content (AvgIpc) is 3.22. The number of aldehydes is 1. The molecule has 1 fully saturated rings. The molecule has 18 heavy (non-hydrogen) atoms. The van der Waals surface area contributed by atoms with Crippen LogP contribution in [0.25, 0.3) is 0 Å². The highest BCUT2D eigenvalue weighted by Gasteiger charge is 2.30.